The summed E-state index contributed by atoms with van der Waals surface area (Å²) in [4.78, 5) is 217. The molecule has 1 aromatic heterocycles. The molecule has 5 aromatic rings. The van der Waals surface area contributed by atoms with E-state index in [1.54, 1.807) is 30.5 Å². The van der Waals surface area contributed by atoms with Crippen molar-refractivity contribution in [2.75, 3.05) is 46.0 Å². The number of carboxylic acid groups (broad SMARTS) is 5. The van der Waals surface area contributed by atoms with Crippen molar-refractivity contribution in [2.24, 2.45) is 0 Å². The number of amides is 12. The predicted molar refractivity (Wildman–Crippen MR) is 398 cm³/mol. The predicted octanol–water partition coefficient (Wildman–Crippen LogP) is -2.07. The Morgan fingerprint density at radius 1 is 0.522 bits per heavy atom. The van der Waals surface area contributed by atoms with Crippen LogP contribution in [-0.4, -0.2) is 251 Å². The Balaban J connectivity index is 1.32. The second-order valence-electron chi connectivity index (χ2n) is 26.0. The molecule has 0 radical (unpaired) electrons. The van der Waals surface area contributed by atoms with Gasteiger partial charge < -0.3 is 119 Å². The Morgan fingerprint density at radius 3 is 1.50 bits per heavy atom. The number of nitrogens with zero attached hydrogens (tertiary/aromatic N) is 3. The van der Waals surface area contributed by atoms with Gasteiger partial charge in [0.1, 0.15) is 71.6 Å². The van der Waals surface area contributed by atoms with Gasteiger partial charge in [0.25, 0.3) is 0 Å². The number of aliphatic carboxylic acids is 5. The molecule has 616 valence electrons. The summed E-state index contributed by atoms with van der Waals surface area (Å²) in [6, 6.07) is 7.01. The van der Waals surface area contributed by atoms with Crippen LogP contribution in [0.25, 0.3) is 15.7 Å². The number of hydrogen-bond donors (Lipinski definition) is 21. The van der Waals surface area contributed by atoms with Gasteiger partial charge >= 0.3 is 35.9 Å². The number of nitriles is 1. The Bertz CT molecular complexity index is 4360. The maximum Gasteiger partial charge on any atom is 0.326 e. The quantitative estimate of drug-likeness (QED) is 0.0147. The summed E-state index contributed by atoms with van der Waals surface area (Å²) >= 11 is 0. The third-order valence-corrected chi connectivity index (χ3v) is 17.2. The van der Waals surface area contributed by atoms with Gasteiger partial charge in [-0.15, -0.1) is 0 Å². The summed E-state index contributed by atoms with van der Waals surface area (Å²) in [5, 5.41) is 124. The first-order chi connectivity index (χ1) is 54.7. The molecule has 5 rings (SSSR count). The molecule has 12 amide bonds. The zero-order valence-corrected chi connectivity index (χ0v) is 61.9. The normalized spacial score (nSPS) is 13.1. The molecule has 1 heterocycles. The molecular weight excluding hydrogens is 1510 g/mol. The molecule has 0 saturated heterocycles. The van der Waals surface area contributed by atoms with E-state index in [-0.39, 0.29) is 93.1 Å². The van der Waals surface area contributed by atoms with E-state index >= 15 is 0 Å². The molecule has 0 bridgehead atoms. The number of hydrogen-bond acceptors (Lipinski definition) is 22. The van der Waals surface area contributed by atoms with Gasteiger partial charge in [-0.3, -0.25) is 62.3 Å². The number of phenols is 2. The number of unbranched alkanes of at least 4 members (excludes halogenated alkanes) is 1. The number of carbonyl (C=O) groups is 16. The van der Waals surface area contributed by atoms with E-state index in [9.17, 15) is 123 Å². The maximum atomic E-state index is 14.4. The highest BCUT2D eigenvalue weighted by Gasteiger charge is 2.36. The summed E-state index contributed by atoms with van der Waals surface area (Å²) in [6.07, 6.45) is -3.68. The van der Waals surface area contributed by atoms with Crippen LogP contribution in [0.15, 0.2) is 97.2 Å². The van der Waals surface area contributed by atoms with Crippen LogP contribution in [0.1, 0.15) is 93.4 Å². The highest BCUT2D eigenvalue weighted by Crippen LogP contribution is 2.24. The first-order valence-corrected chi connectivity index (χ1v) is 35.7. The van der Waals surface area contributed by atoms with E-state index in [4.69, 9.17) is 16.4 Å². The van der Waals surface area contributed by atoms with Gasteiger partial charge in [-0.1, -0.05) is 42.5 Å². The minimum Gasteiger partial charge on any atom is -0.508 e. The largest absolute Gasteiger partial charge is 0.508 e. The lowest BCUT2D eigenvalue weighted by Gasteiger charge is -2.27. The molecule has 41 nitrogen and oxygen atoms in total. The second kappa shape index (κ2) is 46.6. The second-order valence-corrected chi connectivity index (χ2v) is 26.0. The zero-order valence-electron chi connectivity index (χ0n) is 61.9. The maximum absolute atomic E-state index is 14.4. The Kier molecular flexibility index (Phi) is 37.2. The van der Waals surface area contributed by atoms with Crippen LogP contribution < -0.4 is 63.2 Å². The summed E-state index contributed by atoms with van der Waals surface area (Å²) in [6.45, 7) is 3.47. The van der Waals surface area contributed by atoms with E-state index in [1.807, 2.05) is 11.4 Å². The molecule has 0 saturated carbocycles. The summed E-state index contributed by atoms with van der Waals surface area (Å²) in [5.41, 5.74) is 2.12. The molecule has 0 aliphatic rings. The average molecular weight is 1600 g/mol. The molecule has 4 aromatic carbocycles. The van der Waals surface area contributed by atoms with Crippen molar-refractivity contribution in [2.45, 2.75) is 145 Å². The number of aromatic hydroxyl groups is 2. The number of aromatic nitrogens is 1. The lowest BCUT2D eigenvalue weighted by Crippen LogP contribution is -2.61. The number of para-hydroxylation sites is 1. The lowest BCUT2D eigenvalue weighted by atomic mass is 10.0. The fraction of sp³-hybridized carbons (Fsp3) is 0.405. The highest BCUT2D eigenvalue weighted by atomic mass is 16.5. The fourth-order valence-corrected chi connectivity index (χ4v) is 11.2. The first kappa shape index (κ1) is 91.6. The van der Waals surface area contributed by atoms with Gasteiger partial charge in [-0.25, -0.2) is 19.2 Å². The number of ether oxygens (including phenoxy) is 1. The van der Waals surface area contributed by atoms with Crippen LogP contribution >= 0.6 is 0 Å². The topological polar surface area (TPSA) is 644 Å². The molecule has 0 fully saturated rings. The number of benzene rings is 4. The molecule has 0 aliphatic carbocycles. The van der Waals surface area contributed by atoms with Gasteiger partial charge in [0.15, 0.2) is 5.69 Å². The minimum atomic E-state index is -2.07. The average Bonchev–Trinajstić information content (AvgIpc) is 1.76. The van der Waals surface area contributed by atoms with Crippen molar-refractivity contribution in [3.05, 3.63) is 131 Å². The highest BCUT2D eigenvalue weighted by molar-refractivity contribution is 5.99. The van der Waals surface area contributed by atoms with Crippen molar-refractivity contribution in [1.29, 1.82) is 5.26 Å². The van der Waals surface area contributed by atoms with E-state index in [1.165, 1.54) is 66.7 Å². The van der Waals surface area contributed by atoms with Crippen molar-refractivity contribution >= 4 is 112 Å². The summed E-state index contributed by atoms with van der Waals surface area (Å²) in [5.74, 6) is -18.5. The Labute approximate surface area is 655 Å². The monoisotopic (exact) mass is 1600 g/mol. The number of urea groups is 1. The summed E-state index contributed by atoms with van der Waals surface area (Å²) in [7, 11) is 0. The van der Waals surface area contributed by atoms with E-state index in [2.05, 4.69) is 63.0 Å². The molecular formula is C74H89N15O26. The van der Waals surface area contributed by atoms with Crippen LogP contribution in [0, 0.1) is 17.9 Å². The Morgan fingerprint density at radius 2 is 0.991 bits per heavy atom. The number of phenolic OH excluding ortho intramolecular Hbond substituents is 2. The Hall–Kier alpha value is -14.0. The standard InChI is InChI=1S/C74H89N15O26/c1-40(92)80-55(30-41-11-15-46(93)16-12-41)68(106)84-56(31-42-13-17-47(94)18-14-42)69(107)85-59(39-91)71(109)86-58(38-90)70(108)83-52(20-23-63(99)100)67(105)82-51(19-22-62(97)98)65(103)79-36-61(96)89(26-7-27-115-48-29-43(34-75)28-45(33-48)76-2)37-60(95)81-57(32-44-35-78-50-9-4-3-8-49(44)50)66(104)77-25-6-5-10-53(72(110)111)87-74(114)88-54(73(112)113)21-24-64(101)102/h3-4,8-9,11-18,28-29,33,35,51-59,78,90-91,93-94H,5-7,10,19-27,30-32,36-39H2,1H3,(H,77,104)(H,79,103)(H,80,92)(H,81,95)(H,82,105)(H,83,108)(H,84,106)(H,85,107)(H,86,109)(H,97,98)(H,99,100)(H,101,102)(H,110,111)(H,112,113)(H2,87,88,114)/t51-,52-,53-,54-,55-,56-,57-,58-,59-/m0/s1. The van der Waals surface area contributed by atoms with E-state index in [0.717, 1.165) is 11.8 Å². The number of rotatable bonds is 49. The smallest absolute Gasteiger partial charge is 0.326 e. The summed E-state index contributed by atoms with van der Waals surface area (Å²) < 4.78 is 5.79. The molecule has 21 N–H and O–H groups in total. The number of aliphatic hydroxyl groups excluding tert-OH is 2. The molecule has 41 heteroatoms. The number of aromatic amines is 1. The number of H-pyrrole nitrogens is 1. The van der Waals surface area contributed by atoms with Gasteiger partial charge in [-0.2, -0.15) is 5.26 Å². The van der Waals surface area contributed by atoms with Gasteiger partial charge in [0, 0.05) is 81.2 Å². The number of carboxylic acids is 5. The molecule has 0 spiro atoms. The third kappa shape index (κ3) is 32.1. The number of fused-ring (bicyclic) bond motifs is 1. The van der Waals surface area contributed by atoms with E-state index < -0.39 is 214 Å². The fourth-order valence-electron chi connectivity index (χ4n) is 11.2. The van der Waals surface area contributed by atoms with Gasteiger partial charge in [0.05, 0.1) is 45.6 Å². The molecule has 0 unspecified atom stereocenters. The first-order valence-electron chi connectivity index (χ1n) is 35.7. The lowest BCUT2D eigenvalue weighted by molar-refractivity contribution is -0.141. The molecule has 9 atom stereocenters. The van der Waals surface area contributed by atoms with E-state index in [0.29, 0.717) is 27.6 Å². The van der Waals surface area contributed by atoms with Crippen LogP contribution in [0.4, 0.5) is 10.5 Å². The van der Waals surface area contributed by atoms with Gasteiger partial charge in [0.2, 0.25) is 59.1 Å². The van der Waals surface area contributed by atoms with Gasteiger partial charge in [-0.05, 0) is 110 Å². The number of carbonyl (C=O) groups excluding carboxylic acids is 11. The minimum absolute atomic E-state index is 0.0337. The van der Waals surface area contributed by atoms with Crippen molar-refractivity contribution < 1.29 is 127 Å². The van der Waals surface area contributed by atoms with Crippen molar-refractivity contribution in [1.82, 2.24) is 68.4 Å². The molecule has 0 aliphatic heterocycles. The third-order valence-electron chi connectivity index (χ3n) is 17.2. The van der Waals surface area contributed by atoms with Crippen LogP contribution in [0.3, 0.4) is 0 Å². The van der Waals surface area contributed by atoms with Crippen LogP contribution in [0.2, 0.25) is 0 Å². The van der Waals surface area contributed by atoms with Crippen molar-refractivity contribution in [3.8, 4) is 23.3 Å². The number of nitrogens with one attached hydrogen (secondary N) is 12. The number of aliphatic hydroxyl groups is 2. The van der Waals surface area contributed by atoms with Crippen LogP contribution in [-0.2, 0) is 91.2 Å². The van der Waals surface area contributed by atoms with Crippen LogP contribution in [0.5, 0.6) is 17.2 Å². The van der Waals surface area contributed by atoms with Crippen molar-refractivity contribution in [3.63, 3.8) is 0 Å². The molecule has 115 heavy (non-hydrogen) atoms. The SMILES string of the molecule is [C-]#[N+]c1cc(C#N)cc(OCCCN(CC(=O)N[C@@H](Cc2c[nH]c3ccccc23)C(=O)NCCCC[C@H](NC(=O)N[C@@H](CCC(=O)O)C(=O)O)C(=O)O)C(=O)CNC(=O)[C@H](CCC(=O)O)NC(=O)[C@H](CCC(=O)O)NC(=O)[C@H](CO)NC(=O)[C@H](CO)NC(=O)[C@H](Cc2ccc(O)cc2)NC(=O)[C@H](Cc2ccc(O)cc2)NC(C)=O)c1. The zero-order chi connectivity index (χ0) is 84.8.